The van der Waals surface area contributed by atoms with Gasteiger partial charge in [-0.2, -0.15) is 0 Å². The van der Waals surface area contributed by atoms with Gasteiger partial charge in [0.05, 0.1) is 24.8 Å². The number of hydrogen-bond acceptors (Lipinski definition) is 2. The first-order valence-corrected chi connectivity index (χ1v) is 19.3. The van der Waals surface area contributed by atoms with Crippen LogP contribution in [0.2, 0.25) is 19.6 Å². The fourth-order valence-corrected chi connectivity index (χ4v) is 7.61. The normalized spacial score (nSPS) is 12.4. The Balaban J connectivity index is 1.53. The van der Waals surface area contributed by atoms with Crippen LogP contribution in [0.25, 0.3) is 61.2 Å². The molecule has 0 atom stereocenters. The maximum atomic E-state index is 6.33. The maximum Gasteiger partial charge on any atom is 0.145 e. The van der Waals surface area contributed by atoms with Crippen molar-refractivity contribution in [1.29, 1.82) is 0 Å². The minimum atomic E-state index is -1.49. The molecule has 0 saturated carbocycles. The van der Waals surface area contributed by atoms with Crippen molar-refractivity contribution < 1.29 is 4.42 Å². The number of fused-ring (bicyclic) bond motifs is 4. The first-order valence-electron chi connectivity index (χ1n) is 15.8. The summed E-state index contributed by atoms with van der Waals surface area (Å²) in [5.74, 6) is 1.60. The van der Waals surface area contributed by atoms with Crippen LogP contribution in [-0.4, -0.2) is 17.6 Å². The number of nitrogens with zero attached hydrogens (tertiary/aromatic N) is 2. The van der Waals surface area contributed by atoms with E-state index in [4.69, 9.17) is 9.40 Å². The summed E-state index contributed by atoms with van der Waals surface area (Å²) in [4.78, 5) is 5.31. The Hall–Kier alpha value is -4.41. The molecule has 0 aliphatic heterocycles. The van der Waals surface area contributed by atoms with Crippen LogP contribution < -0.4 is 5.19 Å². The van der Waals surface area contributed by atoms with Crippen molar-refractivity contribution in [3.8, 4) is 28.2 Å². The lowest BCUT2D eigenvalue weighted by molar-refractivity contribution is 0.669. The fraction of sp³-hybridized carbons (Fsp3) is 0.225. The first-order chi connectivity index (χ1) is 21.1. The van der Waals surface area contributed by atoms with Crippen LogP contribution >= 0.6 is 0 Å². The number of furan rings is 1. The number of para-hydroxylation sites is 2. The SMILES string of the molecule is CC(C)c1cc(-c2ccccc2)cc(C(C)C)c1-n1c(-c2ccc3oc4ccc([Si](C)(C)C)cc4c3c2)nc2ccccc21. The predicted octanol–water partition coefficient (Wildman–Crippen LogP) is 11.1. The topological polar surface area (TPSA) is 31.0 Å². The smallest absolute Gasteiger partial charge is 0.145 e. The van der Waals surface area contributed by atoms with Crippen LogP contribution in [0.15, 0.2) is 108 Å². The van der Waals surface area contributed by atoms with Gasteiger partial charge in [-0.3, -0.25) is 4.57 Å². The van der Waals surface area contributed by atoms with E-state index >= 15 is 0 Å². The van der Waals surface area contributed by atoms with Crippen LogP contribution in [0.1, 0.15) is 50.7 Å². The van der Waals surface area contributed by atoms with Crippen LogP contribution in [0.5, 0.6) is 0 Å². The average molecular weight is 593 g/mol. The second kappa shape index (κ2) is 10.6. The molecule has 2 aromatic heterocycles. The van der Waals surface area contributed by atoms with Crippen molar-refractivity contribution in [2.75, 3.05) is 0 Å². The van der Waals surface area contributed by atoms with Gasteiger partial charge < -0.3 is 4.42 Å². The fourth-order valence-electron chi connectivity index (χ4n) is 6.44. The molecule has 0 fully saturated rings. The molecule has 0 spiro atoms. The standard InChI is InChI=1S/C40H40N2OSi/c1-25(2)31-22-29(27-13-9-8-10-14-27)23-32(26(3)4)39(31)42-36-16-12-11-15-35(36)41-40(42)28-17-19-37-33(21-28)34-24-30(44(5,6)7)18-20-38(34)43-37/h8-26H,1-7H3. The largest absolute Gasteiger partial charge is 0.456 e. The van der Waals surface area contributed by atoms with Crippen molar-refractivity contribution in [2.45, 2.75) is 59.2 Å². The molecular formula is C40H40N2OSi. The van der Waals surface area contributed by atoms with Gasteiger partial charge >= 0.3 is 0 Å². The molecule has 0 bridgehead atoms. The van der Waals surface area contributed by atoms with Crippen LogP contribution in [-0.2, 0) is 0 Å². The number of hydrogen-bond donors (Lipinski definition) is 0. The van der Waals surface area contributed by atoms with Crippen molar-refractivity contribution in [1.82, 2.24) is 9.55 Å². The second-order valence-electron chi connectivity index (χ2n) is 13.7. The lowest BCUT2D eigenvalue weighted by atomic mass is 9.88. The van der Waals surface area contributed by atoms with E-state index in [0.29, 0.717) is 11.8 Å². The third kappa shape index (κ3) is 4.78. The summed E-state index contributed by atoms with van der Waals surface area (Å²) in [6.07, 6.45) is 0. The van der Waals surface area contributed by atoms with E-state index in [0.717, 1.165) is 39.0 Å². The van der Waals surface area contributed by atoms with E-state index in [2.05, 4.69) is 155 Å². The molecule has 0 aliphatic rings. The van der Waals surface area contributed by atoms with Gasteiger partial charge in [0.25, 0.3) is 0 Å². The molecule has 0 saturated heterocycles. The zero-order valence-corrected chi connectivity index (χ0v) is 27.8. The Labute approximate surface area is 261 Å². The molecule has 0 N–H and O–H groups in total. The van der Waals surface area contributed by atoms with E-state index in [1.165, 1.54) is 38.5 Å². The summed E-state index contributed by atoms with van der Waals surface area (Å²) in [6.45, 7) is 16.4. The summed E-state index contributed by atoms with van der Waals surface area (Å²) in [5, 5.41) is 3.76. The molecule has 4 heteroatoms. The summed E-state index contributed by atoms with van der Waals surface area (Å²) in [6, 6.07) is 37.4. The Kier molecular flexibility index (Phi) is 6.86. The molecule has 7 rings (SSSR count). The lowest BCUT2D eigenvalue weighted by Crippen LogP contribution is -2.37. The second-order valence-corrected chi connectivity index (χ2v) is 18.8. The summed E-state index contributed by atoms with van der Waals surface area (Å²) in [7, 11) is -1.49. The van der Waals surface area contributed by atoms with Crippen LogP contribution in [0.4, 0.5) is 0 Å². The highest BCUT2D eigenvalue weighted by atomic mass is 28.3. The van der Waals surface area contributed by atoms with E-state index in [9.17, 15) is 0 Å². The van der Waals surface area contributed by atoms with Crippen LogP contribution in [0, 0.1) is 0 Å². The Morgan fingerprint density at radius 1 is 0.614 bits per heavy atom. The van der Waals surface area contributed by atoms with Gasteiger partial charge in [0.1, 0.15) is 17.0 Å². The Morgan fingerprint density at radius 2 is 1.23 bits per heavy atom. The van der Waals surface area contributed by atoms with Gasteiger partial charge in [-0.25, -0.2) is 4.98 Å². The van der Waals surface area contributed by atoms with Crippen LogP contribution in [0.3, 0.4) is 0 Å². The van der Waals surface area contributed by atoms with Gasteiger partial charge in [-0.1, -0.05) is 107 Å². The zero-order valence-electron chi connectivity index (χ0n) is 26.8. The molecule has 5 aromatic carbocycles. The van der Waals surface area contributed by atoms with Crippen molar-refractivity contribution in [3.63, 3.8) is 0 Å². The summed E-state index contributed by atoms with van der Waals surface area (Å²) < 4.78 is 8.75. The molecule has 44 heavy (non-hydrogen) atoms. The summed E-state index contributed by atoms with van der Waals surface area (Å²) >= 11 is 0. The van der Waals surface area contributed by atoms with Gasteiger partial charge in [-0.05, 0) is 82.6 Å². The summed E-state index contributed by atoms with van der Waals surface area (Å²) in [5.41, 5.74) is 11.5. The molecule has 2 heterocycles. The minimum Gasteiger partial charge on any atom is -0.456 e. The van der Waals surface area contributed by atoms with Crippen molar-refractivity contribution in [3.05, 3.63) is 114 Å². The van der Waals surface area contributed by atoms with E-state index in [1.54, 1.807) is 0 Å². The van der Waals surface area contributed by atoms with Gasteiger partial charge in [0, 0.05) is 16.3 Å². The highest BCUT2D eigenvalue weighted by molar-refractivity contribution is 6.88. The lowest BCUT2D eigenvalue weighted by Gasteiger charge is -2.24. The highest BCUT2D eigenvalue weighted by Gasteiger charge is 2.24. The van der Waals surface area contributed by atoms with E-state index in [-0.39, 0.29) is 0 Å². The quantitative estimate of drug-likeness (QED) is 0.180. The minimum absolute atomic E-state index is 0.320. The number of imidazole rings is 1. The average Bonchev–Trinajstić information content (AvgIpc) is 3.58. The molecule has 0 amide bonds. The third-order valence-electron chi connectivity index (χ3n) is 8.90. The zero-order chi connectivity index (χ0) is 30.7. The molecular weight excluding hydrogens is 553 g/mol. The van der Waals surface area contributed by atoms with Gasteiger partial charge in [0.2, 0.25) is 0 Å². The molecule has 0 unspecified atom stereocenters. The van der Waals surface area contributed by atoms with Gasteiger partial charge in [0.15, 0.2) is 0 Å². The number of benzene rings is 5. The number of rotatable bonds is 6. The molecule has 3 nitrogen and oxygen atoms in total. The highest BCUT2D eigenvalue weighted by Crippen LogP contribution is 2.41. The predicted molar refractivity (Wildman–Crippen MR) is 190 cm³/mol. The Morgan fingerprint density at radius 3 is 1.89 bits per heavy atom. The van der Waals surface area contributed by atoms with Crippen molar-refractivity contribution in [2.24, 2.45) is 0 Å². The molecule has 0 radical (unpaired) electrons. The Bertz CT molecular complexity index is 2130. The van der Waals surface area contributed by atoms with Gasteiger partial charge in [-0.15, -0.1) is 0 Å². The first kappa shape index (κ1) is 28.4. The van der Waals surface area contributed by atoms with E-state index in [1.807, 2.05) is 0 Å². The molecule has 7 aromatic rings. The van der Waals surface area contributed by atoms with Crippen molar-refractivity contribution >= 4 is 46.2 Å². The number of aromatic nitrogens is 2. The monoisotopic (exact) mass is 592 g/mol. The molecule has 220 valence electrons. The third-order valence-corrected chi connectivity index (χ3v) is 10.9. The molecule has 0 aliphatic carbocycles. The van der Waals surface area contributed by atoms with E-state index < -0.39 is 8.07 Å². The maximum absolute atomic E-state index is 6.33.